The van der Waals surface area contributed by atoms with Crippen molar-refractivity contribution in [2.45, 2.75) is 18.9 Å². The lowest BCUT2D eigenvalue weighted by Crippen LogP contribution is -2.53. The van der Waals surface area contributed by atoms with Crippen molar-refractivity contribution in [3.63, 3.8) is 0 Å². The number of hydrogen-bond donors (Lipinski definition) is 1. The quantitative estimate of drug-likeness (QED) is 0.841. The maximum atomic E-state index is 13.6. The van der Waals surface area contributed by atoms with Gasteiger partial charge in [0.1, 0.15) is 11.6 Å². The van der Waals surface area contributed by atoms with Gasteiger partial charge in [-0.1, -0.05) is 36.4 Å². The van der Waals surface area contributed by atoms with Gasteiger partial charge in [-0.2, -0.15) is 0 Å². The van der Waals surface area contributed by atoms with E-state index in [4.69, 9.17) is 10.5 Å². The van der Waals surface area contributed by atoms with Gasteiger partial charge in [-0.3, -0.25) is 4.79 Å². The van der Waals surface area contributed by atoms with Crippen molar-refractivity contribution in [2.75, 3.05) is 19.7 Å². The lowest BCUT2D eigenvalue weighted by atomic mass is 9.98. The minimum absolute atomic E-state index is 0.0276. The third kappa shape index (κ3) is 4.79. The first-order valence-electron chi connectivity index (χ1n) is 8.56. The van der Waals surface area contributed by atoms with Crippen LogP contribution in [-0.2, 0) is 11.2 Å². The molecule has 132 valence electrons. The zero-order valence-electron chi connectivity index (χ0n) is 14.1. The van der Waals surface area contributed by atoms with Gasteiger partial charge < -0.3 is 15.4 Å². The zero-order chi connectivity index (χ0) is 17.6. The lowest BCUT2D eigenvalue weighted by molar-refractivity contribution is -0.138. The number of halogens is 1. The smallest absolute Gasteiger partial charge is 0.224 e. The molecule has 1 heterocycles. The van der Waals surface area contributed by atoms with Crippen LogP contribution in [0.5, 0.6) is 5.75 Å². The first kappa shape index (κ1) is 17.4. The minimum Gasteiger partial charge on any atom is -0.493 e. The van der Waals surface area contributed by atoms with Crippen LogP contribution in [0.3, 0.4) is 0 Å². The van der Waals surface area contributed by atoms with E-state index in [9.17, 15) is 9.18 Å². The van der Waals surface area contributed by atoms with E-state index in [1.54, 1.807) is 23.1 Å². The van der Waals surface area contributed by atoms with Gasteiger partial charge in [0.05, 0.1) is 6.61 Å². The molecule has 0 spiro atoms. The van der Waals surface area contributed by atoms with Gasteiger partial charge in [-0.25, -0.2) is 4.39 Å². The first-order valence-corrected chi connectivity index (χ1v) is 8.56. The summed E-state index contributed by atoms with van der Waals surface area (Å²) in [4.78, 5) is 14.0. The summed E-state index contributed by atoms with van der Waals surface area (Å²) in [6.45, 7) is 1.99. The molecule has 1 fully saturated rings. The van der Waals surface area contributed by atoms with Crippen LogP contribution in [0.25, 0.3) is 0 Å². The van der Waals surface area contributed by atoms with Crippen LogP contribution < -0.4 is 10.5 Å². The van der Waals surface area contributed by atoms with Gasteiger partial charge in [-0.15, -0.1) is 0 Å². The fourth-order valence-corrected chi connectivity index (χ4v) is 2.98. The predicted molar refractivity (Wildman–Crippen MR) is 94.7 cm³/mol. The van der Waals surface area contributed by atoms with Gasteiger partial charge >= 0.3 is 0 Å². The third-order valence-electron chi connectivity index (χ3n) is 4.42. The maximum absolute atomic E-state index is 13.6. The standard InChI is InChI=1S/C20H23FN2O2/c21-19-9-5-4-6-16(19)10-17(22)11-20(24)23-12-15(13-23)14-25-18-7-2-1-3-8-18/h1-9,15,17H,10-14,22H2. The predicted octanol–water partition coefficient (Wildman–Crippen LogP) is 2.62. The average molecular weight is 342 g/mol. The SMILES string of the molecule is NC(CC(=O)N1CC(COc2ccccc2)C1)Cc1ccccc1F. The Morgan fingerprint density at radius 3 is 2.56 bits per heavy atom. The molecule has 2 aromatic carbocycles. The molecule has 1 saturated heterocycles. The number of likely N-dealkylation sites (tertiary alicyclic amines) is 1. The summed E-state index contributed by atoms with van der Waals surface area (Å²) >= 11 is 0. The number of rotatable bonds is 7. The average Bonchev–Trinajstić information content (AvgIpc) is 2.56. The zero-order valence-corrected chi connectivity index (χ0v) is 14.1. The molecule has 0 aliphatic carbocycles. The first-order chi connectivity index (χ1) is 12.1. The largest absolute Gasteiger partial charge is 0.493 e. The molecule has 1 aliphatic rings. The van der Waals surface area contributed by atoms with E-state index in [-0.39, 0.29) is 24.2 Å². The highest BCUT2D eigenvalue weighted by Gasteiger charge is 2.31. The van der Waals surface area contributed by atoms with Crippen molar-refractivity contribution in [1.82, 2.24) is 4.90 Å². The summed E-state index contributed by atoms with van der Waals surface area (Å²) in [5, 5.41) is 0. The topological polar surface area (TPSA) is 55.6 Å². The number of nitrogens with zero attached hydrogens (tertiary/aromatic N) is 1. The summed E-state index contributed by atoms with van der Waals surface area (Å²) < 4.78 is 19.3. The van der Waals surface area contributed by atoms with Gasteiger partial charge in [-0.05, 0) is 30.2 Å². The van der Waals surface area contributed by atoms with Crippen LogP contribution in [-0.4, -0.2) is 36.5 Å². The van der Waals surface area contributed by atoms with E-state index >= 15 is 0 Å². The second-order valence-electron chi connectivity index (χ2n) is 6.55. The fourth-order valence-electron chi connectivity index (χ4n) is 2.98. The van der Waals surface area contributed by atoms with Gasteiger partial charge in [0.15, 0.2) is 0 Å². The Labute approximate surface area is 147 Å². The molecule has 1 atom stereocenters. The molecule has 1 aliphatic heterocycles. The maximum Gasteiger partial charge on any atom is 0.224 e. The highest BCUT2D eigenvalue weighted by Crippen LogP contribution is 2.20. The number of ether oxygens (including phenoxy) is 1. The van der Waals surface area contributed by atoms with Crippen molar-refractivity contribution >= 4 is 5.91 Å². The molecule has 1 unspecified atom stereocenters. The molecule has 0 bridgehead atoms. The molecule has 0 saturated carbocycles. The molecule has 2 N–H and O–H groups in total. The van der Waals surface area contributed by atoms with Gasteiger partial charge in [0.2, 0.25) is 5.91 Å². The van der Waals surface area contributed by atoms with E-state index in [1.807, 2.05) is 30.3 Å². The van der Waals surface area contributed by atoms with Crippen molar-refractivity contribution in [3.8, 4) is 5.75 Å². The number of carbonyl (C=O) groups is 1. The number of benzene rings is 2. The molecule has 1 amide bonds. The van der Waals surface area contributed by atoms with Crippen LogP contribution in [0.15, 0.2) is 54.6 Å². The molecule has 2 aromatic rings. The normalized spacial score (nSPS) is 15.5. The second kappa shape index (κ2) is 8.12. The highest BCUT2D eigenvalue weighted by atomic mass is 19.1. The Kier molecular flexibility index (Phi) is 5.66. The molecular formula is C20H23FN2O2. The second-order valence-corrected chi connectivity index (χ2v) is 6.55. The summed E-state index contributed by atoms with van der Waals surface area (Å²) in [6.07, 6.45) is 0.605. The van der Waals surface area contributed by atoms with Crippen molar-refractivity contribution in [2.24, 2.45) is 11.7 Å². The van der Waals surface area contributed by atoms with Crippen LogP contribution >= 0.6 is 0 Å². The molecule has 3 rings (SSSR count). The van der Waals surface area contributed by atoms with E-state index < -0.39 is 0 Å². The van der Waals surface area contributed by atoms with Crippen LogP contribution in [0.1, 0.15) is 12.0 Å². The molecular weight excluding hydrogens is 319 g/mol. The fraction of sp³-hybridized carbons (Fsp3) is 0.350. The van der Waals surface area contributed by atoms with Crippen molar-refractivity contribution < 1.29 is 13.9 Å². The number of hydrogen-bond acceptors (Lipinski definition) is 3. The molecule has 25 heavy (non-hydrogen) atoms. The van der Waals surface area contributed by atoms with E-state index in [2.05, 4.69) is 0 Å². The molecule has 4 nitrogen and oxygen atoms in total. The molecule has 5 heteroatoms. The molecule has 0 aromatic heterocycles. The Morgan fingerprint density at radius 1 is 1.16 bits per heavy atom. The monoisotopic (exact) mass is 342 g/mol. The molecule has 0 radical (unpaired) electrons. The van der Waals surface area contributed by atoms with Crippen LogP contribution in [0.2, 0.25) is 0 Å². The van der Waals surface area contributed by atoms with E-state index in [0.29, 0.717) is 37.6 Å². The van der Waals surface area contributed by atoms with Gasteiger partial charge in [0, 0.05) is 31.5 Å². The Hall–Kier alpha value is -2.40. The van der Waals surface area contributed by atoms with Crippen LogP contribution in [0.4, 0.5) is 4.39 Å². The lowest BCUT2D eigenvalue weighted by Gasteiger charge is -2.39. The van der Waals surface area contributed by atoms with Crippen LogP contribution in [0, 0.1) is 11.7 Å². The van der Waals surface area contributed by atoms with Crippen molar-refractivity contribution in [3.05, 3.63) is 66.0 Å². The summed E-state index contributed by atoms with van der Waals surface area (Å²) in [5.41, 5.74) is 6.58. The number of carbonyl (C=O) groups excluding carboxylic acids is 1. The van der Waals surface area contributed by atoms with Crippen molar-refractivity contribution in [1.29, 1.82) is 0 Å². The number of nitrogens with two attached hydrogens (primary N) is 1. The highest BCUT2D eigenvalue weighted by molar-refractivity contribution is 5.77. The van der Waals surface area contributed by atoms with E-state index in [0.717, 1.165) is 5.75 Å². The Bertz CT molecular complexity index is 702. The number of amides is 1. The third-order valence-corrected chi connectivity index (χ3v) is 4.42. The number of para-hydroxylation sites is 1. The summed E-state index contributed by atoms with van der Waals surface area (Å²) in [5.74, 6) is 0.957. The summed E-state index contributed by atoms with van der Waals surface area (Å²) in [6, 6.07) is 15.8. The minimum atomic E-state index is -0.371. The Balaban J connectivity index is 1.38. The Morgan fingerprint density at radius 2 is 1.84 bits per heavy atom. The van der Waals surface area contributed by atoms with Gasteiger partial charge in [0.25, 0.3) is 0 Å². The van der Waals surface area contributed by atoms with E-state index in [1.165, 1.54) is 6.07 Å². The summed E-state index contributed by atoms with van der Waals surface area (Å²) in [7, 11) is 0.